The van der Waals surface area contributed by atoms with Crippen molar-refractivity contribution < 1.29 is 43.7 Å². The van der Waals surface area contributed by atoms with Crippen molar-refractivity contribution in [3.8, 4) is 11.5 Å². The van der Waals surface area contributed by atoms with Crippen LogP contribution < -0.4 is 5.32 Å². The van der Waals surface area contributed by atoms with Crippen LogP contribution >= 0.6 is 0 Å². The maximum atomic E-state index is 14.3. The van der Waals surface area contributed by atoms with Crippen LogP contribution in [-0.2, 0) is 46.3 Å². The number of rotatable bonds is 16. The molecule has 2 aromatic carbocycles. The van der Waals surface area contributed by atoms with Gasteiger partial charge in [0.25, 0.3) is 5.91 Å². The van der Waals surface area contributed by atoms with Gasteiger partial charge in [0.05, 0.1) is 7.11 Å². The van der Waals surface area contributed by atoms with Crippen LogP contribution in [0.5, 0.6) is 11.5 Å². The molecule has 258 valence electrons. The Morgan fingerprint density at radius 2 is 1.23 bits per heavy atom. The molecule has 0 spiro atoms. The Morgan fingerprint density at radius 3 is 1.66 bits per heavy atom. The lowest BCUT2D eigenvalue weighted by atomic mass is 9.96. The van der Waals surface area contributed by atoms with E-state index in [0.29, 0.717) is 17.5 Å². The number of ether oxygens (including phenoxy) is 2. The number of nitrogens with one attached hydrogen (secondary N) is 1. The summed E-state index contributed by atoms with van der Waals surface area (Å²) in [4.78, 5) is 69.4. The van der Waals surface area contributed by atoms with E-state index in [1.165, 1.54) is 55.3 Å². The van der Waals surface area contributed by atoms with Crippen molar-refractivity contribution >= 4 is 29.7 Å². The van der Waals surface area contributed by atoms with E-state index in [1.54, 1.807) is 52.0 Å². The third kappa shape index (κ3) is 10.7. The van der Waals surface area contributed by atoms with Gasteiger partial charge >= 0.3 is 11.9 Å². The number of esters is 2. The van der Waals surface area contributed by atoms with Crippen LogP contribution in [0, 0.1) is 11.8 Å². The van der Waals surface area contributed by atoms with Gasteiger partial charge in [0.1, 0.15) is 29.6 Å². The minimum absolute atomic E-state index is 0.0278. The Kier molecular flexibility index (Phi) is 14.7. The van der Waals surface area contributed by atoms with E-state index in [1.807, 2.05) is 6.92 Å². The van der Waals surface area contributed by atoms with Gasteiger partial charge in [-0.3, -0.25) is 19.2 Å². The van der Waals surface area contributed by atoms with Gasteiger partial charge in [0.2, 0.25) is 11.8 Å². The lowest BCUT2D eigenvalue weighted by Gasteiger charge is -2.36. The highest BCUT2D eigenvalue weighted by Gasteiger charge is 2.39. The van der Waals surface area contributed by atoms with E-state index in [9.17, 15) is 34.2 Å². The van der Waals surface area contributed by atoms with Gasteiger partial charge in [-0.15, -0.1) is 0 Å². The maximum Gasteiger partial charge on any atom is 0.328 e. The van der Waals surface area contributed by atoms with Crippen LogP contribution in [-0.4, -0.2) is 95.1 Å². The average Bonchev–Trinajstić information content (AvgIpc) is 3.06. The smallest absolute Gasteiger partial charge is 0.328 e. The molecule has 3 N–H and O–H groups in total. The number of likely N-dealkylation sites (N-methyl/N-ethyl adjacent to an activating group) is 2. The summed E-state index contributed by atoms with van der Waals surface area (Å²) in [6, 6.07) is 9.13. The summed E-state index contributed by atoms with van der Waals surface area (Å²) in [6.45, 7) is 8.77. The summed E-state index contributed by atoms with van der Waals surface area (Å²) in [5.41, 5.74) is 1.30. The van der Waals surface area contributed by atoms with Crippen molar-refractivity contribution in [1.82, 2.24) is 15.1 Å². The molecule has 0 aromatic heterocycles. The van der Waals surface area contributed by atoms with Crippen LogP contribution in [0.2, 0.25) is 0 Å². The van der Waals surface area contributed by atoms with Gasteiger partial charge in [0, 0.05) is 39.3 Å². The van der Waals surface area contributed by atoms with Gasteiger partial charge in [-0.1, -0.05) is 58.9 Å². The van der Waals surface area contributed by atoms with E-state index in [0.717, 1.165) is 0 Å². The Balaban J connectivity index is 2.48. The number of carbonyl (C=O) groups is 5. The van der Waals surface area contributed by atoms with Crippen molar-refractivity contribution in [3.63, 3.8) is 0 Å². The maximum absolute atomic E-state index is 14.3. The predicted molar refractivity (Wildman–Crippen MR) is 175 cm³/mol. The van der Waals surface area contributed by atoms with Crippen LogP contribution in [0.3, 0.4) is 0 Å². The molecule has 0 fully saturated rings. The summed E-state index contributed by atoms with van der Waals surface area (Å²) in [7, 11) is 4.12. The van der Waals surface area contributed by atoms with Crippen LogP contribution in [0.15, 0.2) is 48.5 Å². The van der Waals surface area contributed by atoms with E-state index < -0.39 is 59.8 Å². The fraction of sp³-hybridized carbons (Fsp3) is 0.514. The zero-order chi connectivity index (χ0) is 35.4. The summed E-state index contributed by atoms with van der Waals surface area (Å²) in [5.74, 6) is -3.59. The molecule has 47 heavy (non-hydrogen) atoms. The molecular formula is C35H49N3O9. The summed E-state index contributed by atoms with van der Waals surface area (Å²) in [6.07, 6.45) is -0.356. The highest BCUT2D eigenvalue weighted by molar-refractivity contribution is 5.94. The second kappa shape index (κ2) is 17.9. The van der Waals surface area contributed by atoms with Gasteiger partial charge in [0.15, 0.2) is 6.10 Å². The molecular weight excluding hydrogens is 606 g/mol. The first kappa shape index (κ1) is 38.6. The number of hydrogen-bond donors (Lipinski definition) is 3. The molecule has 0 aliphatic heterocycles. The second-order valence-corrected chi connectivity index (χ2v) is 12.1. The zero-order valence-corrected chi connectivity index (χ0v) is 28.6. The van der Waals surface area contributed by atoms with Crippen molar-refractivity contribution in [1.29, 1.82) is 0 Å². The largest absolute Gasteiger partial charge is 0.508 e. The normalized spacial score (nSPS) is 14.2. The molecule has 0 aliphatic rings. The molecule has 2 aromatic rings. The Labute approximate surface area is 277 Å². The Bertz CT molecular complexity index is 1360. The van der Waals surface area contributed by atoms with E-state index >= 15 is 0 Å². The van der Waals surface area contributed by atoms with Gasteiger partial charge < -0.3 is 34.8 Å². The molecule has 0 aliphatic carbocycles. The van der Waals surface area contributed by atoms with Crippen molar-refractivity contribution in [2.45, 2.75) is 84.5 Å². The minimum atomic E-state index is -1.13. The molecule has 0 radical (unpaired) electrons. The van der Waals surface area contributed by atoms with E-state index in [-0.39, 0.29) is 36.7 Å². The van der Waals surface area contributed by atoms with Gasteiger partial charge in [-0.25, -0.2) is 4.79 Å². The topological polar surface area (TPSA) is 163 Å². The summed E-state index contributed by atoms with van der Waals surface area (Å²) >= 11 is 0. The number of hydrogen-bond acceptors (Lipinski definition) is 9. The number of methoxy groups -OCH3 is 1. The van der Waals surface area contributed by atoms with Crippen molar-refractivity contribution in [2.24, 2.45) is 11.8 Å². The lowest BCUT2D eigenvalue weighted by molar-refractivity contribution is -0.160. The average molecular weight is 656 g/mol. The second-order valence-electron chi connectivity index (χ2n) is 12.1. The predicted octanol–water partition coefficient (Wildman–Crippen LogP) is 3.22. The molecule has 12 heteroatoms. The third-order valence-corrected chi connectivity index (χ3v) is 8.32. The monoisotopic (exact) mass is 655 g/mol. The van der Waals surface area contributed by atoms with Crippen LogP contribution in [0.1, 0.15) is 58.6 Å². The number of amides is 3. The number of aromatic hydroxyl groups is 2. The summed E-state index contributed by atoms with van der Waals surface area (Å²) in [5, 5.41) is 22.3. The first-order chi connectivity index (χ1) is 22.1. The number of benzene rings is 2. The highest BCUT2D eigenvalue weighted by Crippen LogP contribution is 2.21. The number of carbonyl (C=O) groups excluding carboxylic acids is 5. The molecule has 3 amide bonds. The fourth-order valence-corrected chi connectivity index (χ4v) is 4.99. The van der Waals surface area contributed by atoms with Gasteiger partial charge in [-0.2, -0.15) is 0 Å². The molecule has 1 unspecified atom stereocenters. The molecule has 0 saturated carbocycles. The SMILES string of the molecule is CCC(=O)O[C@H](C(=O)N[C@@H](C(=O)N(C)C(Cc1ccc(O)cc1)C(=O)N(C)[C@@H](Cc1ccc(O)cc1)C(=O)OC)C(C)C)[C@@H](C)CC. The molecule has 0 saturated heterocycles. The lowest BCUT2D eigenvalue weighted by Crippen LogP contribution is -2.59. The molecule has 0 bridgehead atoms. The first-order valence-electron chi connectivity index (χ1n) is 15.8. The highest BCUT2D eigenvalue weighted by atomic mass is 16.5. The van der Waals surface area contributed by atoms with Crippen LogP contribution in [0.25, 0.3) is 0 Å². The molecule has 2 rings (SSSR count). The zero-order valence-electron chi connectivity index (χ0n) is 28.6. The molecule has 12 nitrogen and oxygen atoms in total. The standard InChI is InChI=1S/C35H49N3O9/c1-9-22(5)31(47-29(41)10-2)32(42)36-30(21(3)4)34(44)37(6)27(19-23-11-15-25(39)16-12-23)33(43)38(7)28(35(45)46-8)20-24-13-17-26(40)18-14-24/h11-18,21-22,27-28,30-31,39-40H,9-10,19-20H2,1-8H3,(H,36,42)/t22-,27?,28-,30+,31-/m0/s1. The summed E-state index contributed by atoms with van der Waals surface area (Å²) < 4.78 is 10.5. The third-order valence-electron chi connectivity index (χ3n) is 8.32. The number of nitrogens with zero attached hydrogens (tertiary/aromatic N) is 2. The Hall–Kier alpha value is -4.61. The first-order valence-corrected chi connectivity index (χ1v) is 15.8. The molecule has 0 heterocycles. The minimum Gasteiger partial charge on any atom is -0.508 e. The molecule has 5 atom stereocenters. The van der Waals surface area contributed by atoms with Crippen LogP contribution in [0.4, 0.5) is 0 Å². The van der Waals surface area contributed by atoms with E-state index in [2.05, 4.69) is 5.32 Å². The van der Waals surface area contributed by atoms with E-state index in [4.69, 9.17) is 9.47 Å². The van der Waals surface area contributed by atoms with Crippen molar-refractivity contribution in [2.75, 3.05) is 21.2 Å². The number of phenols is 2. The fourth-order valence-electron chi connectivity index (χ4n) is 4.99. The van der Waals surface area contributed by atoms with Crippen molar-refractivity contribution in [3.05, 3.63) is 59.7 Å². The number of phenolic OH excluding ortho intramolecular Hbond substituents is 2. The Morgan fingerprint density at radius 1 is 0.766 bits per heavy atom. The van der Waals surface area contributed by atoms with Gasteiger partial charge in [-0.05, 0) is 47.7 Å². The quantitative estimate of drug-likeness (QED) is 0.231.